The van der Waals surface area contributed by atoms with Gasteiger partial charge in [-0.2, -0.15) is 0 Å². The van der Waals surface area contributed by atoms with Gasteiger partial charge in [0.15, 0.2) is 0 Å². The Morgan fingerprint density at radius 3 is 1.24 bits per heavy atom. The maximum Gasteiger partial charge on any atom is 0.268 e. The number of rotatable bonds is 56. The SMILES string of the molecule is CCCCC/C=C/CC/C=C/CC/C=C/C(O)C(COP(=O)([O-])OCC[N+](C)(C)C)NC(=O)CCCCCCCCCCCCCCCCCCCCCCCCCCC/C=C\C/C=C\CCCCCCC. The van der Waals surface area contributed by atoms with Gasteiger partial charge in [-0.15, -0.1) is 0 Å². The van der Waals surface area contributed by atoms with Crippen molar-refractivity contribution in [3.05, 3.63) is 60.8 Å². The molecule has 0 aliphatic rings. The number of nitrogens with zero attached hydrogens (tertiary/aromatic N) is 1. The van der Waals surface area contributed by atoms with E-state index in [4.69, 9.17) is 9.05 Å². The fourth-order valence-corrected chi connectivity index (χ4v) is 9.59. The Balaban J connectivity index is 3.93. The minimum Gasteiger partial charge on any atom is -0.756 e. The van der Waals surface area contributed by atoms with Gasteiger partial charge in [0.1, 0.15) is 13.2 Å². The molecule has 422 valence electrons. The molecule has 8 nitrogen and oxygen atoms in total. The number of quaternary nitrogens is 1. The van der Waals surface area contributed by atoms with Gasteiger partial charge < -0.3 is 28.8 Å². The molecule has 0 saturated carbocycles. The van der Waals surface area contributed by atoms with E-state index in [1.807, 2.05) is 27.2 Å². The number of nitrogens with one attached hydrogen (secondary N) is 1. The molecule has 0 aromatic rings. The van der Waals surface area contributed by atoms with Crippen LogP contribution >= 0.6 is 7.82 Å². The molecular formula is C63H119N2O6P. The largest absolute Gasteiger partial charge is 0.756 e. The van der Waals surface area contributed by atoms with Gasteiger partial charge in [0.25, 0.3) is 7.82 Å². The zero-order valence-electron chi connectivity index (χ0n) is 48.1. The van der Waals surface area contributed by atoms with Gasteiger partial charge in [-0.25, -0.2) is 0 Å². The number of unbranched alkanes of at least 4 members (excludes halogenated alkanes) is 35. The predicted octanol–water partition coefficient (Wildman–Crippen LogP) is 18.2. The molecule has 0 radical (unpaired) electrons. The third kappa shape index (κ3) is 55.9. The van der Waals surface area contributed by atoms with Gasteiger partial charge in [-0.1, -0.05) is 261 Å². The monoisotopic (exact) mass is 1030 g/mol. The van der Waals surface area contributed by atoms with Crippen molar-refractivity contribution in [2.45, 2.75) is 296 Å². The normalized spacial score (nSPS) is 14.3. The second-order valence-electron chi connectivity index (χ2n) is 22.0. The molecule has 0 bridgehead atoms. The quantitative estimate of drug-likeness (QED) is 0.0272. The highest BCUT2D eigenvalue weighted by atomic mass is 31.2. The van der Waals surface area contributed by atoms with Crippen molar-refractivity contribution < 1.29 is 32.9 Å². The Labute approximate surface area is 447 Å². The summed E-state index contributed by atoms with van der Waals surface area (Å²) in [5.41, 5.74) is 0. The molecule has 72 heavy (non-hydrogen) atoms. The average molecular weight is 1030 g/mol. The summed E-state index contributed by atoms with van der Waals surface area (Å²) in [6.45, 7) is 4.59. The van der Waals surface area contributed by atoms with E-state index in [1.165, 1.54) is 205 Å². The second kappa shape index (κ2) is 54.0. The first-order valence-electron chi connectivity index (χ1n) is 30.7. The number of hydrogen-bond acceptors (Lipinski definition) is 6. The number of hydrogen-bond donors (Lipinski definition) is 2. The molecule has 9 heteroatoms. The van der Waals surface area contributed by atoms with Gasteiger partial charge in [0.2, 0.25) is 5.91 Å². The summed E-state index contributed by atoms with van der Waals surface area (Å²) in [5.74, 6) is -0.209. The van der Waals surface area contributed by atoms with Crippen LogP contribution in [0.1, 0.15) is 284 Å². The van der Waals surface area contributed by atoms with Crippen LogP contribution in [-0.4, -0.2) is 68.5 Å². The van der Waals surface area contributed by atoms with E-state index in [2.05, 4.69) is 67.8 Å². The fourth-order valence-electron chi connectivity index (χ4n) is 8.86. The lowest BCUT2D eigenvalue weighted by molar-refractivity contribution is -0.870. The molecule has 0 heterocycles. The number of aliphatic hydroxyl groups is 1. The number of phosphoric ester groups is 1. The van der Waals surface area contributed by atoms with Crippen LogP contribution in [0.3, 0.4) is 0 Å². The van der Waals surface area contributed by atoms with E-state index in [9.17, 15) is 19.4 Å². The standard InChI is InChI=1S/C63H119N2O6P/c1-6-8-10-12-14-16-18-20-21-22-23-24-25-26-27-28-29-30-31-32-33-34-35-36-37-38-39-40-41-42-43-45-47-49-51-53-55-57-63(67)64-61(60-71-72(68,69)70-59-58-65(3,4)5)62(66)56-54-52-50-48-46-44-19-17-15-13-11-9-7-2/h15,17-18,20,22-23,46,48,54,56,61-62,66H,6-14,16,19,21,24-45,47,49-53,55,57-60H2,1-5H3,(H-,64,67,68,69)/b17-15+,20-18-,23-22-,48-46+,56-54+. The maximum absolute atomic E-state index is 12.9. The fraction of sp³-hybridized carbons (Fsp3) is 0.825. The van der Waals surface area contributed by atoms with Crippen LogP contribution in [0.5, 0.6) is 0 Å². The number of aliphatic hydroxyl groups excluding tert-OH is 1. The number of amides is 1. The number of phosphoric acid groups is 1. The number of carbonyl (C=O) groups is 1. The molecule has 1 amide bonds. The van der Waals surface area contributed by atoms with Gasteiger partial charge in [0.05, 0.1) is 39.9 Å². The van der Waals surface area contributed by atoms with Crippen LogP contribution in [0.25, 0.3) is 0 Å². The number of likely N-dealkylation sites (N-methyl/N-ethyl adjacent to an activating group) is 1. The van der Waals surface area contributed by atoms with E-state index in [-0.39, 0.29) is 12.5 Å². The summed E-state index contributed by atoms with van der Waals surface area (Å²) in [6.07, 6.45) is 73.4. The highest BCUT2D eigenvalue weighted by molar-refractivity contribution is 7.45. The average Bonchev–Trinajstić information content (AvgIpc) is 3.34. The van der Waals surface area contributed by atoms with Crippen molar-refractivity contribution in [2.75, 3.05) is 40.9 Å². The van der Waals surface area contributed by atoms with E-state index in [0.717, 1.165) is 57.8 Å². The summed E-state index contributed by atoms with van der Waals surface area (Å²) >= 11 is 0. The van der Waals surface area contributed by atoms with Crippen molar-refractivity contribution in [3.8, 4) is 0 Å². The molecule has 0 rings (SSSR count). The van der Waals surface area contributed by atoms with E-state index in [1.54, 1.807) is 6.08 Å². The highest BCUT2D eigenvalue weighted by Crippen LogP contribution is 2.38. The van der Waals surface area contributed by atoms with Crippen LogP contribution in [0.2, 0.25) is 0 Å². The topological polar surface area (TPSA) is 108 Å². The second-order valence-corrected chi connectivity index (χ2v) is 23.4. The van der Waals surface area contributed by atoms with Crippen molar-refractivity contribution in [1.29, 1.82) is 0 Å². The molecule has 3 atom stereocenters. The van der Waals surface area contributed by atoms with Crippen molar-refractivity contribution in [3.63, 3.8) is 0 Å². The lowest BCUT2D eigenvalue weighted by atomic mass is 10.0. The first kappa shape index (κ1) is 70.2. The molecule has 0 spiro atoms. The van der Waals surface area contributed by atoms with Gasteiger partial charge in [-0.05, 0) is 77.0 Å². The first-order chi connectivity index (χ1) is 35.0. The Morgan fingerprint density at radius 2 is 0.819 bits per heavy atom. The molecule has 0 fully saturated rings. The van der Waals surface area contributed by atoms with Crippen molar-refractivity contribution in [1.82, 2.24) is 5.32 Å². The summed E-state index contributed by atoms with van der Waals surface area (Å²) in [6, 6.07) is -0.909. The number of allylic oxidation sites excluding steroid dienone is 9. The molecule has 0 aromatic carbocycles. The summed E-state index contributed by atoms with van der Waals surface area (Å²) < 4.78 is 23.3. The molecule has 0 aromatic heterocycles. The van der Waals surface area contributed by atoms with Crippen LogP contribution in [0.4, 0.5) is 0 Å². The van der Waals surface area contributed by atoms with Gasteiger partial charge in [-0.3, -0.25) is 9.36 Å². The van der Waals surface area contributed by atoms with Crippen molar-refractivity contribution >= 4 is 13.7 Å². The lowest BCUT2D eigenvalue weighted by Gasteiger charge is -2.29. The highest BCUT2D eigenvalue weighted by Gasteiger charge is 2.23. The van der Waals surface area contributed by atoms with Crippen LogP contribution < -0.4 is 10.2 Å². The maximum atomic E-state index is 12.9. The zero-order valence-corrected chi connectivity index (χ0v) is 49.0. The third-order valence-corrected chi connectivity index (χ3v) is 14.6. The minimum absolute atomic E-state index is 0.00904. The molecule has 0 aliphatic carbocycles. The smallest absolute Gasteiger partial charge is 0.268 e. The first-order valence-corrected chi connectivity index (χ1v) is 32.1. The molecule has 0 aliphatic heterocycles. The molecular weight excluding hydrogens is 912 g/mol. The summed E-state index contributed by atoms with van der Waals surface area (Å²) in [5, 5.41) is 13.8. The Kier molecular flexibility index (Phi) is 52.7. The van der Waals surface area contributed by atoms with E-state index in [0.29, 0.717) is 17.4 Å². The number of carbonyl (C=O) groups excluding carboxylic acids is 1. The van der Waals surface area contributed by atoms with E-state index >= 15 is 0 Å². The van der Waals surface area contributed by atoms with Crippen LogP contribution in [0.15, 0.2) is 60.8 Å². The summed E-state index contributed by atoms with van der Waals surface area (Å²) in [4.78, 5) is 25.4. The Hall–Kier alpha value is -1.80. The Bertz CT molecular complexity index is 1360. The lowest BCUT2D eigenvalue weighted by Crippen LogP contribution is -2.45. The minimum atomic E-state index is -4.60. The third-order valence-electron chi connectivity index (χ3n) is 13.7. The van der Waals surface area contributed by atoms with Crippen LogP contribution in [0, 0.1) is 0 Å². The predicted molar refractivity (Wildman–Crippen MR) is 311 cm³/mol. The Morgan fingerprint density at radius 1 is 0.486 bits per heavy atom. The molecule has 3 unspecified atom stereocenters. The van der Waals surface area contributed by atoms with Crippen molar-refractivity contribution in [2.24, 2.45) is 0 Å². The zero-order chi connectivity index (χ0) is 52.7. The summed E-state index contributed by atoms with van der Waals surface area (Å²) in [7, 11) is 1.24. The van der Waals surface area contributed by atoms with Crippen LogP contribution in [-0.2, 0) is 18.4 Å². The van der Waals surface area contributed by atoms with Gasteiger partial charge in [0, 0.05) is 6.42 Å². The molecule has 0 saturated heterocycles. The molecule has 2 N–H and O–H groups in total. The van der Waals surface area contributed by atoms with Gasteiger partial charge >= 0.3 is 0 Å². The van der Waals surface area contributed by atoms with E-state index < -0.39 is 26.6 Å².